The predicted octanol–water partition coefficient (Wildman–Crippen LogP) is 14.6. The summed E-state index contributed by atoms with van der Waals surface area (Å²) in [4.78, 5) is 0. The third-order valence-corrected chi connectivity index (χ3v) is 13.1. The zero-order valence-corrected chi connectivity index (χ0v) is 33.6. The van der Waals surface area contributed by atoms with Crippen LogP contribution in [0.1, 0.15) is 202 Å². The largest absolute Gasteiger partial charge is 0.321 e. The van der Waals surface area contributed by atoms with Gasteiger partial charge >= 0.3 is 0 Å². The molecule has 0 aromatic heterocycles. The maximum Gasteiger partial charge on any atom is 0.104 e. The summed E-state index contributed by atoms with van der Waals surface area (Å²) in [6, 6.07) is 10.0. The fraction of sp³-hybridized carbons (Fsp3) is 0.867. The average Bonchev–Trinajstić information content (AvgIpc) is 3.09. The third kappa shape index (κ3) is 15.6. The molecule has 1 rings (SSSR count). The second-order valence-corrected chi connectivity index (χ2v) is 15.9. The number of hydrogen-bond donors (Lipinski definition) is 0. The van der Waals surface area contributed by atoms with Crippen molar-refractivity contribution in [1.29, 1.82) is 0 Å². The highest BCUT2D eigenvalue weighted by Gasteiger charge is 2.28. The first kappa shape index (κ1) is 43.2. The van der Waals surface area contributed by atoms with Crippen LogP contribution in [-0.2, 0) is 6.54 Å². The van der Waals surface area contributed by atoms with Crippen LogP contribution < -0.4 is 0 Å². The Bertz CT molecular complexity index is 788. The Hall–Kier alpha value is -0.820. The van der Waals surface area contributed by atoms with Crippen LogP contribution in [0.5, 0.6) is 0 Å². The van der Waals surface area contributed by atoms with E-state index in [2.05, 4.69) is 100 Å². The number of quaternary nitrogens is 1. The van der Waals surface area contributed by atoms with Gasteiger partial charge in [-0.15, -0.1) is 0 Å². The lowest BCUT2D eigenvalue weighted by Crippen LogP contribution is -2.46. The van der Waals surface area contributed by atoms with E-state index in [0.29, 0.717) is 5.92 Å². The van der Waals surface area contributed by atoms with E-state index in [1.54, 1.807) is 5.56 Å². The van der Waals surface area contributed by atoms with Crippen molar-refractivity contribution in [2.24, 2.45) is 35.5 Å². The van der Waals surface area contributed by atoms with Crippen LogP contribution >= 0.6 is 0 Å². The van der Waals surface area contributed by atoms with Crippen molar-refractivity contribution in [3.05, 3.63) is 35.4 Å². The van der Waals surface area contributed by atoms with Crippen molar-refractivity contribution in [1.82, 2.24) is 0 Å². The molecule has 1 aromatic rings. The highest BCUT2D eigenvalue weighted by Crippen LogP contribution is 2.40. The lowest BCUT2D eigenvalue weighted by Gasteiger charge is -2.36. The van der Waals surface area contributed by atoms with Gasteiger partial charge in [0.15, 0.2) is 0 Å². The third-order valence-electron chi connectivity index (χ3n) is 13.1. The first-order valence-corrected chi connectivity index (χ1v) is 21.2. The number of unbranched alkanes of at least 4 members (excludes halogenated alkanes) is 2. The summed E-state index contributed by atoms with van der Waals surface area (Å²) in [5.41, 5.74) is 3.13. The van der Waals surface area contributed by atoms with Crippen molar-refractivity contribution in [2.75, 3.05) is 19.6 Å². The Morgan fingerprint density at radius 3 is 1.26 bits per heavy atom. The molecule has 0 saturated heterocycles. The molecule has 270 valence electrons. The van der Waals surface area contributed by atoms with Crippen LogP contribution in [0.25, 0.3) is 0 Å². The fourth-order valence-corrected chi connectivity index (χ4v) is 9.04. The smallest absolute Gasteiger partial charge is 0.104 e. The molecule has 1 aromatic carbocycles. The molecule has 0 aliphatic rings. The van der Waals surface area contributed by atoms with Gasteiger partial charge in [0.1, 0.15) is 6.54 Å². The van der Waals surface area contributed by atoms with E-state index in [1.165, 1.54) is 145 Å². The molecule has 0 N–H and O–H groups in total. The molecule has 0 saturated carbocycles. The number of rotatable bonds is 29. The quantitative estimate of drug-likeness (QED) is 0.0603. The monoisotopic (exact) mass is 641 g/mol. The Kier molecular flexibility index (Phi) is 23.7. The van der Waals surface area contributed by atoms with E-state index in [1.807, 2.05) is 0 Å². The van der Waals surface area contributed by atoms with E-state index >= 15 is 0 Å². The Morgan fingerprint density at radius 1 is 0.435 bits per heavy atom. The molecule has 0 spiro atoms. The molecule has 0 aliphatic carbocycles. The molecule has 0 heterocycles. The van der Waals surface area contributed by atoms with Gasteiger partial charge in [-0.1, -0.05) is 144 Å². The standard InChI is InChI=1S/C45H86N/c1-12-23-24-25-41(30-37(13-2)14-3)33-43(34-42(31-38(15-4)16-5)32-39(17-6)18-7)35-44(19-8)45-28-26-40(27-29-45)36-46(20-9,21-10)22-11/h26-29,37-39,41-44H,12-25,30-36H2,1-11H3/q+1. The van der Waals surface area contributed by atoms with E-state index in [0.717, 1.165) is 35.5 Å². The molecule has 0 fully saturated rings. The summed E-state index contributed by atoms with van der Waals surface area (Å²) in [5.74, 6) is 6.06. The minimum Gasteiger partial charge on any atom is -0.321 e. The molecule has 3 unspecified atom stereocenters. The molecule has 1 heteroatoms. The zero-order valence-electron chi connectivity index (χ0n) is 33.6. The molecule has 0 amide bonds. The van der Waals surface area contributed by atoms with Crippen LogP contribution in [0.4, 0.5) is 0 Å². The summed E-state index contributed by atoms with van der Waals surface area (Å²) < 4.78 is 1.20. The SMILES string of the molecule is CCCCCC(CC(CC)CC)CC(CC(CC(CC)CC)CC(CC)CC)CC(CC)c1ccc(C[N+](CC)(CC)CC)cc1. The predicted molar refractivity (Wildman–Crippen MR) is 210 cm³/mol. The second-order valence-electron chi connectivity index (χ2n) is 15.9. The van der Waals surface area contributed by atoms with Gasteiger partial charge in [-0.05, 0) is 113 Å². The summed E-state index contributed by atoms with van der Waals surface area (Å²) >= 11 is 0. The van der Waals surface area contributed by atoms with Crippen LogP contribution in [0.2, 0.25) is 0 Å². The average molecular weight is 641 g/mol. The van der Waals surface area contributed by atoms with Gasteiger partial charge in [0.2, 0.25) is 0 Å². The lowest BCUT2D eigenvalue weighted by molar-refractivity contribution is -0.936. The zero-order chi connectivity index (χ0) is 34.4. The van der Waals surface area contributed by atoms with Crippen molar-refractivity contribution >= 4 is 0 Å². The topological polar surface area (TPSA) is 0 Å². The highest BCUT2D eigenvalue weighted by molar-refractivity contribution is 5.25. The molecule has 1 nitrogen and oxygen atoms in total. The minimum absolute atomic E-state index is 0.688. The van der Waals surface area contributed by atoms with E-state index in [4.69, 9.17) is 0 Å². The van der Waals surface area contributed by atoms with Crippen LogP contribution in [-0.4, -0.2) is 24.1 Å². The van der Waals surface area contributed by atoms with Gasteiger partial charge in [0.05, 0.1) is 19.6 Å². The summed E-state index contributed by atoms with van der Waals surface area (Å²) in [7, 11) is 0. The fourth-order valence-electron chi connectivity index (χ4n) is 9.04. The van der Waals surface area contributed by atoms with E-state index in [9.17, 15) is 0 Å². The molecular weight excluding hydrogens is 555 g/mol. The first-order valence-electron chi connectivity index (χ1n) is 21.2. The number of nitrogens with zero attached hydrogens (tertiary/aromatic N) is 1. The maximum atomic E-state index is 2.53. The summed E-state index contributed by atoms with van der Waals surface area (Å²) in [6.07, 6.45) is 23.8. The highest BCUT2D eigenvalue weighted by atomic mass is 15.3. The first-order chi connectivity index (χ1) is 22.2. The van der Waals surface area contributed by atoms with Crippen molar-refractivity contribution in [3.8, 4) is 0 Å². The van der Waals surface area contributed by atoms with Crippen LogP contribution in [0, 0.1) is 35.5 Å². The van der Waals surface area contributed by atoms with Gasteiger partial charge in [0, 0.05) is 5.56 Å². The van der Waals surface area contributed by atoms with Crippen molar-refractivity contribution in [2.45, 2.75) is 198 Å². The molecule has 46 heavy (non-hydrogen) atoms. The normalized spacial score (nSPS) is 14.6. The van der Waals surface area contributed by atoms with E-state index in [-0.39, 0.29) is 0 Å². The maximum absolute atomic E-state index is 2.53. The van der Waals surface area contributed by atoms with Crippen LogP contribution in [0.3, 0.4) is 0 Å². The summed E-state index contributed by atoms with van der Waals surface area (Å²) in [5, 5.41) is 0. The van der Waals surface area contributed by atoms with Crippen molar-refractivity contribution in [3.63, 3.8) is 0 Å². The van der Waals surface area contributed by atoms with Crippen molar-refractivity contribution < 1.29 is 4.48 Å². The van der Waals surface area contributed by atoms with Gasteiger partial charge in [-0.3, -0.25) is 0 Å². The Morgan fingerprint density at radius 2 is 0.848 bits per heavy atom. The minimum atomic E-state index is 0.688. The molecule has 3 atom stereocenters. The van der Waals surface area contributed by atoms with Gasteiger partial charge in [-0.2, -0.15) is 0 Å². The molecule has 0 radical (unpaired) electrons. The second kappa shape index (κ2) is 25.2. The lowest BCUT2D eigenvalue weighted by atomic mass is 9.72. The number of benzene rings is 1. The Labute approximate surface area is 292 Å². The van der Waals surface area contributed by atoms with Crippen LogP contribution in [0.15, 0.2) is 24.3 Å². The summed E-state index contributed by atoms with van der Waals surface area (Å²) in [6.45, 7) is 31.5. The van der Waals surface area contributed by atoms with Gasteiger partial charge < -0.3 is 4.48 Å². The molecule has 0 aliphatic heterocycles. The number of hydrogen-bond acceptors (Lipinski definition) is 0. The van der Waals surface area contributed by atoms with E-state index < -0.39 is 0 Å². The van der Waals surface area contributed by atoms with Gasteiger partial charge in [-0.25, -0.2) is 0 Å². The van der Waals surface area contributed by atoms with Gasteiger partial charge in [0.25, 0.3) is 0 Å². The molecular formula is C45H86N+. The molecule has 0 bridgehead atoms. The Balaban J connectivity index is 3.39.